The number of amides is 3. The second kappa shape index (κ2) is 14.4. The Morgan fingerprint density at radius 2 is 1.20 bits per heavy atom. The molecule has 1 atom stereocenters. The van der Waals surface area contributed by atoms with Gasteiger partial charge in [-0.15, -0.1) is 0 Å². The van der Waals surface area contributed by atoms with Crippen LogP contribution in [0, 0.1) is 0 Å². The lowest BCUT2D eigenvalue weighted by molar-refractivity contribution is -0.129. The molecule has 0 aliphatic heterocycles. The zero-order valence-corrected chi connectivity index (χ0v) is 25.2. The first-order valence-electron chi connectivity index (χ1n) is 14.6. The molecule has 0 saturated heterocycles. The van der Waals surface area contributed by atoms with Gasteiger partial charge in [0.05, 0.1) is 6.42 Å². The van der Waals surface area contributed by atoms with Crippen molar-refractivity contribution in [2.24, 2.45) is 0 Å². The first-order chi connectivity index (χ1) is 21.1. The molecule has 0 heterocycles. The Balaban J connectivity index is 1.62. The minimum absolute atomic E-state index is 0.156. The Labute approximate surface area is 258 Å². The number of phenols is 1. The molecule has 3 amide bonds. The maximum Gasteiger partial charge on any atom is 0.408 e. The highest BCUT2D eigenvalue weighted by Gasteiger charge is 2.39. The zero-order valence-electron chi connectivity index (χ0n) is 25.2. The van der Waals surface area contributed by atoms with Crippen molar-refractivity contribution in [3.63, 3.8) is 0 Å². The van der Waals surface area contributed by atoms with E-state index in [0.29, 0.717) is 6.42 Å². The molecule has 4 aromatic carbocycles. The van der Waals surface area contributed by atoms with Gasteiger partial charge in [-0.05, 0) is 61.6 Å². The van der Waals surface area contributed by atoms with Gasteiger partial charge in [0.25, 0.3) is 0 Å². The Bertz CT molecular complexity index is 1420. The number of aromatic hydroxyl groups is 1. The summed E-state index contributed by atoms with van der Waals surface area (Å²) in [6, 6.07) is 34.4. The molecule has 8 nitrogen and oxygen atoms in total. The van der Waals surface area contributed by atoms with Gasteiger partial charge in [0.1, 0.15) is 22.9 Å². The maximum absolute atomic E-state index is 14.0. The molecular formula is C36H39N3O5. The van der Waals surface area contributed by atoms with E-state index in [1.807, 2.05) is 91.0 Å². The third-order valence-corrected chi connectivity index (χ3v) is 6.99. The molecule has 0 aliphatic rings. The topological polar surface area (TPSA) is 117 Å². The summed E-state index contributed by atoms with van der Waals surface area (Å²) < 4.78 is 5.41. The van der Waals surface area contributed by atoms with Gasteiger partial charge in [-0.2, -0.15) is 0 Å². The summed E-state index contributed by atoms with van der Waals surface area (Å²) in [4.78, 5) is 40.1. The summed E-state index contributed by atoms with van der Waals surface area (Å²) in [6.07, 6.45) is -0.640. The third-order valence-electron chi connectivity index (χ3n) is 6.99. The standard InChI is InChI=1S/C36H39N3O5/c1-35(2,3)44-34(43)38-31(33(42)37-24-23-26-19-21-30(40)22-20-26)25-32(41)39-36(27-13-7-4-8-14-27,28-15-9-5-10-16-28)29-17-11-6-12-18-29/h4-22,31,40H,23-25H2,1-3H3,(H,37,42)(H,38,43)(H,39,41)/t31-/m1/s1. The van der Waals surface area contributed by atoms with Crippen LogP contribution in [0.3, 0.4) is 0 Å². The van der Waals surface area contributed by atoms with Crippen molar-refractivity contribution in [3.8, 4) is 5.75 Å². The van der Waals surface area contributed by atoms with E-state index in [9.17, 15) is 19.5 Å². The average molecular weight is 594 g/mol. The molecule has 0 spiro atoms. The number of carbonyl (C=O) groups excluding carboxylic acids is 3. The third kappa shape index (κ3) is 8.47. The summed E-state index contributed by atoms with van der Waals surface area (Å²) >= 11 is 0. The van der Waals surface area contributed by atoms with E-state index < -0.39 is 35.1 Å². The first kappa shape index (κ1) is 31.8. The Morgan fingerprint density at radius 1 is 0.727 bits per heavy atom. The van der Waals surface area contributed by atoms with Gasteiger partial charge in [0.2, 0.25) is 11.8 Å². The van der Waals surface area contributed by atoms with Gasteiger partial charge in [0.15, 0.2) is 0 Å². The summed E-state index contributed by atoms with van der Waals surface area (Å²) in [6.45, 7) is 5.43. The largest absolute Gasteiger partial charge is 0.508 e. The minimum Gasteiger partial charge on any atom is -0.508 e. The maximum atomic E-state index is 14.0. The molecule has 228 valence electrons. The van der Waals surface area contributed by atoms with Gasteiger partial charge >= 0.3 is 6.09 Å². The molecule has 4 N–H and O–H groups in total. The lowest BCUT2D eigenvalue weighted by atomic mass is 9.77. The number of hydrogen-bond acceptors (Lipinski definition) is 5. The number of nitrogens with one attached hydrogen (secondary N) is 3. The van der Waals surface area contributed by atoms with Gasteiger partial charge in [-0.1, -0.05) is 103 Å². The van der Waals surface area contributed by atoms with Crippen LogP contribution in [0.25, 0.3) is 0 Å². The van der Waals surface area contributed by atoms with Crippen LogP contribution < -0.4 is 16.0 Å². The minimum atomic E-state index is -1.20. The van der Waals surface area contributed by atoms with Gasteiger partial charge in [-0.3, -0.25) is 9.59 Å². The molecule has 0 aliphatic carbocycles. The van der Waals surface area contributed by atoms with Gasteiger partial charge in [0, 0.05) is 6.54 Å². The molecule has 0 unspecified atom stereocenters. The molecule has 44 heavy (non-hydrogen) atoms. The van der Waals surface area contributed by atoms with E-state index in [0.717, 1.165) is 22.3 Å². The SMILES string of the molecule is CC(C)(C)OC(=O)N[C@H](CC(=O)NC(c1ccccc1)(c1ccccc1)c1ccccc1)C(=O)NCCc1ccc(O)cc1. The number of hydrogen-bond donors (Lipinski definition) is 4. The van der Waals surface area contributed by atoms with Crippen molar-refractivity contribution in [2.45, 2.75) is 50.8 Å². The second-order valence-electron chi connectivity index (χ2n) is 11.5. The van der Waals surface area contributed by atoms with Crippen LogP contribution in [-0.4, -0.2) is 41.2 Å². The molecular weight excluding hydrogens is 554 g/mol. The Morgan fingerprint density at radius 3 is 1.66 bits per heavy atom. The highest BCUT2D eigenvalue weighted by Crippen LogP contribution is 2.37. The molecule has 0 saturated carbocycles. The molecule has 4 rings (SSSR count). The fraction of sp³-hybridized carbons (Fsp3) is 0.250. The van der Waals surface area contributed by atoms with Crippen LogP contribution in [0.2, 0.25) is 0 Å². The summed E-state index contributed by atoms with van der Waals surface area (Å²) in [5.74, 6) is -0.811. The number of ether oxygens (including phenoxy) is 1. The van der Waals surface area contributed by atoms with E-state index >= 15 is 0 Å². The van der Waals surface area contributed by atoms with Crippen LogP contribution in [0.15, 0.2) is 115 Å². The van der Waals surface area contributed by atoms with Crippen LogP contribution in [0.4, 0.5) is 4.79 Å². The quantitative estimate of drug-likeness (QED) is 0.173. The van der Waals surface area contributed by atoms with Crippen molar-refractivity contribution in [1.29, 1.82) is 0 Å². The fourth-order valence-corrected chi connectivity index (χ4v) is 5.00. The number of alkyl carbamates (subject to hydrolysis) is 1. The van der Waals surface area contributed by atoms with E-state index in [1.54, 1.807) is 45.0 Å². The van der Waals surface area contributed by atoms with Crippen LogP contribution in [0.1, 0.15) is 49.4 Å². The highest BCUT2D eigenvalue weighted by molar-refractivity contribution is 5.91. The highest BCUT2D eigenvalue weighted by atomic mass is 16.6. The van der Waals surface area contributed by atoms with Gasteiger partial charge < -0.3 is 25.8 Å². The van der Waals surface area contributed by atoms with Crippen molar-refractivity contribution in [3.05, 3.63) is 138 Å². The lowest BCUT2D eigenvalue weighted by Gasteiger charge is -2.37. The molecule has 0 radical (unpaired) electrons. The normalized spacial score (nSPS) is 12.1. The van der Waals surface area contributed by atoms with Crippen molar-refractivity contribution in [2.75, 3.05) is 6.54 Å². The van der Waals surface area contributed by atoms with Crippen molar-refractivity contribution < 1.29 is 24.2 Å². The van der Waals surface area contributed by atoms with Crippen molar-refractivity contribution in [1.82, 2.24) is 16.0 Å². The number of phenolic OH excluding ortho intramolecular Hbond substituents is 1. The Hall–Kier alpha value is -5.11. The smallest absolute Gasteiger partial charge is 0.408 e. The second-order valence-corrected chi connectivity index (χ2v) is 11.5. The average Bonchev–Trinajstić information content (AvgIpc) is 3.01. The number of rotatable bonds is 11. The van der Waals surface area contributed by atoms with E-state index in [-0.39, 0.29) is 18.7 Å². The van der Waals surface area contributed by atoms with Crippen LogP contribution in [0.5, 0.6) is 5.75 Å². The van der Waals surface area contributed by atoms with Crippen molar-refractivity contribution >= 4 is 17.9 Å². The number of benzene rings is 4. The fourth-order valence-electron chi connectivity index (χ4n) is 5.00. The lowest BCUT2D eigenvalue weighted by Crippen LogP contribution is -2.53. The van der Waals surface area contributed by atoms with E-state index in [4.69, 9.17) is 4.74 Å². The predicted octanol–water partition coefficient (Wildman–Crippen LogP) is 5.44. The van der Waals surface area contributed by atoms with Crippen LogP contribution in [-0.2, 0) is 26.3 Å². The van der Waals surface area contributed by atoms with E-state index in [1.165, 1.54) is 0 Å². The molecule has 0 aromatic heterocycles. The summed E-state index contributed by atoms with van der Waals surface area (Å²) in [5.41, 5.74) is 1.54. The first-order valence-corrected chi connectivity index (χ1v) is 14.6. The molecule has 0 fully saturated rings. The summed E-state index contributed by atoms with van der Waals surface area (Å²) in [5, 5.41) is 18.2. The van der Waals surface area contributed by atoms with Gasteiger partial charge in [-0.25, -0.2) is 4.79 Å². The molecule has 0 bridgehead atoms. The molecule has 8 heteroatoms. The number of carbonyl (C=O) groups is 3. The monoisotopic (exact) mass is 593 g/mol. The summed E-state index contributed by atoms with van der Waals surface area (Å²) in [7, 11) is 0. The van der Waals surface area contributed by atoms with E-state index in [2.05, 4.69) is 16.0 Å². The predicted molar refractivity (Wildman–Crippen MR) is 170 cm³/mol. The zero-order chi connectivity index (χ0) is 31.6. The molecule has 4 aromatic rings. The Kier molecular flexibility index (Phi) is 10.4. The van der Waals surface area contributed by atoms with Crippen LogP contribution >= 0.6 is 0 Å².